The van der Waals surface area contributed by atoms with Crippen molar-refractivity contribution >= 4 is 6.29 Å². The normalized spacial score (nSPS) is 10.8. The maximum absolute atomic E-state index is 13.1. The minimum absolute atomic E-state index is 0.0213. The fraction of sp³-hybridized carbons (Fsp3) is 0.231. The van der Waals surface area contributed by atoms with Crippen LogP contribution in [0, 0.1) is 5.82 Å². The van der Waals surface area contributed by atoms with Crippen molar-refractivity contribution in [3.05, 3.63) is 41.7 Å². The van der Waals surface area contributed by atoms with Gasteiger partial charge in [-0.15, -0.1) is 0 Å². The van der Waals surface area contributed by atoms with Crippen LogP contribution in [0.5, 0.6) is 0 Å². The van der Waals surface area contributed by atoms with Gasteiger partial charge < -0.3 is 4.42 Å². The third kappa shape index (κ3) is 2.25. The molecule has 3 nitrogen and oxygen atoms in total. The summed E-state index contributed by atoms with van der Waals surface area (Å²) < 4.78 is 18.5. The molecule has 2 rings (SSSR count). The Morgan fingerprint density at radius 2 is 2.18 bits per heavy atom. The third-order valence-corrected chi connectivity index (χ3v) is 2.39. The van der Waals surface area contributed by atoms with Crippen LogP contribution in [0.1, 0.15) is 36.2 Å². The van der Waals surface area contributed by atoms with E-state index in [0.29, 0.717) is 23.3 Å². The highest BCUT2D eigenvalue weighted by Gasteiger charge is 2.17. The van der Waals surface area contributed by atoms with Crippen LogP contribution < -0.4 is 0 Å². The number of hydrogen-bond donors (Lipinski definition) is 0. The molecule has 2 aromatic rings. The van der Waals surface area contributed by atoms with Crippen LogP contribution in [0.25, 0.3) is 11.3 Å². The third-order valence-electron chi connectivity index (χ3n) is 2.39. The molecule has 0 saturated carbocycles. The smallest absolute Gasteiger partial charge is 0.260 e. The first-order valence-electron chi connectivity index (χ1n) is 5.33. The van der Waals surface area contributed by atoms with Gasteiger partial charge in [0.15, 0.2) is 0 Å². The standard InChI is InChI=1S/C13H12FNO2/c1-8(2)13-12(15-11(7-16)17-13)9-4-3-5-10(14)6-9/h3-8H,1-2H3. The van der Waals surface area contributed by atoms with Crippen LogP contribution >= 0.6 is 0 Å². The zero-order chi connectivity index (χ0) is 12.4. The Labute approximate surface area is 98.3 Å². The van der Waals surface area contributed by atoms with Gasteiger partial charge in [0.1, 0.15) is 17.3 Å². The zero-order valence-corrected chi connectivity index (χ0v) is 9.61. The molecule has 0 aliphatic carbocycles. The maximum atomic E-state index is 13.1. The Kier molecular flexibility index (Phi) is 3.04. The van der Waals surface area contributed by atoms with E-state index in [1.165, 1.54) is 12.1 Å². The molecule has 1 heterocycles. The molecule has 0 unspecified atom stereocenters. The van der Waals surface area contributed by atoms with Crippen LogP contribution in [-0.4, -0.2) is 11.3 Å². The highest BCUT2D eigenvalue weighted by atomic mass is 19.1. The summed E-state index contributed by atoms with van der Waals surface area (Å²) in [6.07, 6.45) is 0.550. The molecule has 1 aromatic heterocycles. The molecule has 1 aromatic carbocycles. The monoisotopic (exact) mass is 233 g/mol. The van der Waals surface area contributed by atoms with Crippen LogP contribution in [0.15, 0.2) is 28.7 Å². The first-order chi connectivity index (χ1) is 8.11. The molecule has 0 aliphatic rings. The molecular weight excluding hydrogens is 221 g/mol. The number of benzene rings is 1. The van der Waals surface area contributed by atoms with E-state index < -0.39 is 0 Å². The van der Waals surface area contributed by atoms with Crippen LogP contribution in [-0.2, 0) is 0 Å². The summed E-state index contributed by atoms with van der Waals surface area (Å²) in [6, 6.07) is 6.07. The quantitative estimate of drug-likeness (QED) is 0.763. The molecule has 0 amide bonds. The molecule has 0 fully saturated rings. The van der Waals surface area contributed by atoms with Crippen LogP contribution in [0.4, 0.5) is 4.39 Å². The number of halogens is 1. The lowest BCUT2D eigenvalue weighted by atomic mass is 10.0. The molecule has 0 radical (unpaired) electrons. The number of aromatic nitrogens is 1. The van der Waals surface area contributed by atoms with Crippen molar-refractivity contribution < 1.29 is 13.6 Å². The summed E-state index contributed by atoms with van der Waals surface area (Å²) in [5, 5.41) is 0. The minimum Gasteiger partial charge on any atom is -0.438 e. The fourth-order valence-corrected chi connectivity index (χ4v) is 1.63. The van der Waals surface area contributed by atoms with Crippen molar-refractivity contribution in [2.24, 2.45) is 0 Å². The lowest BCUT2D eigenvalue weighted by Crippen LogP contribution is -1.89. The number of rotatable bonds is 3. The van der Waals surface area contributed by atoms with Gasteiger partial charge in [0, 0.05) is 11.5 Å². The summed E-state index contributed by atoms with van der Waals surface area (Å²) in [4.78, 5) is 14.7. The van der Waals surface area contributed by atoms with Crippen molar-refractivity contribution in [1.82, 2.24) is 4.98 Å². The van der Waals surface area contributed by atoms with Crippen LogP contribution in [0.2, 0.25) is 0 Å². The number of carbonyl (C=O) groups excluding carboxylic acids is 1. The van der Waals surface area contributed by atoms with Gasteiger partial charge >= 0.3 is 0 Å². The van der Waals surface area contributed by atoms with Crippen molar-refractivity contribution in [2.75, 3.05) is 0 Å². The Morgan fingerprint density at radius 1 is 1.41 bits per heavy atom. The second-order valence-corrected chi connectivity index (χ2v) is 4.05. The predicted molar refractivity (Wildman–Crippen MR) is 61.4 cm³/mol. The molecule has 0 saturated heterocycles. The average Bonchev–Trinajstić information content (AvgIpc) is 2.73. The lowest BCUT2D eigenvalue weighted by Gasteiger charge is -2.03. The topological polar surface area (TPSA) is 43.1 Å². The highest BCUT2D eigenvalue weighted by molar-refractivity contribution is 5.71. The number of hydrogen-bond acceptors (Lipinski definition) is 3. The number of aldehydes is 1. The van der Waals surface area contributed by atoms with Gasteiger partial charge in [0.2, 0.25) is 6.29 Å². The van der Waals surface area contributed by atoms with Crippen molar-refractivity contribution in [3.8, 4) is 11.3 Å². The van der Waals surface area contributed by atoms with Crippen LogP contribution in [0.3, 0.4) is 0 Å². The van der Waals surface area contributed by atoms with Crippen molar-refractivity contribution in [1.29, 1.82) is 0 Å². The van der Waals surface area contributed by atoms with E-state index in [0.717, 1.165) is 0 Å². The lowest BCUT2D eigenvalue weighted by molar-refractivity contribution is 0.109. The second kappa shape index (κ2) is 4.49. The molecule has 0 aliphatic heterocycles. The summed E-state index contributed by atoms with van der Waals surface area (Å²) in [6.45, 7) is 3.86. The van der Waals surface area contributed by atoms with Gasteiger partial charge in [0.05, 0.1) is 0 Å². The van der Waals surface area contributed by atoms with Gasteiger partial charge in [-0.25, -0.2) is 9.37 Å². The van der Waals surface area contributed by atoms with E-state index in [1.807, 2.05) is 13.8 Å². The fourth-order valence-electron chi connectivity index (χ4n) is 1.63. The molecule has 0 spiro atoms. The SMILES string of the molecule is CC(C)c1oc(C=O)nc1-c1cccc(F)c1. The van der Waals surface area contributed by atoms with E-state index >= 15 is 0 Å². The Bertz CT molecular complexity index is 546. The summed E-state index contributed by atoms with van der Waals surface area (Å²) >= 11 is 0. The van der Waals surface area contributed by atoms with E-state index in [-0.39, 0.29) is 17.6 Å². The molecule has 0 atom stereocenters. The van der Waals surface area contributed by atoms with Gasteiger partial charge in [-0.05, 0) is 12.1 Å². The average molecular weight is 233 g/mol. The first kappa shape index (κ1) is 11.5. The van der Waals surface area contributed by atoms with E-state index in [9.17, 15) is 9.18 Å². The van der Waals surface area contributed by atoms with Gasteiger partial charge in [0.25, 0.3) is 5.89 Å². The van der Waals surface area contributed by atoms with Gasteiger partial charge in [-0.2, -0.15) is 0 Å². The minimum atomic E-state index is -0.340. The van der Waals surface area contributed by atoms with Crippen molar-refractivity contribution in [2.45, 2.75) is 19.8 Å². The molecule has 88 valence electrons. The molecule has 17 heavy (non-hydrogen) atoms. The largest absolute Gasteiger partial charge is 0.438 e. The molecule has 4 heteroatoms. The van der Waals surface area contributed by atoms with Crippen molar-refractivity contribution in [3.63, 3.8) is 0 Å². The molecular formula is C13H12FNO2. The zero-order valence-electron chi connectivity index (χ0n) is 9.61. The summed E-state index contributed by atoms with van der Waals surface area (Å²) in [7, 11) is 0. The first-order valence-corrected chi connectivity index (χ1v) is 5.33. The van der Waals surface area contributed by atoms with E-state index in [2.05, 4.69) is 4.98 Å². The van der Waals surface area contributed by atoms with E-state index in [1.54, 1.807) is 12.1 Å². The Balaban J connectivity index is 2.57. The molecule has 0 bridgehead atoms. The van der Waals surface area contributed by atoms with Gasteiger partial charge in [-0.1, -0.05) is 26.0 Å². The van der Waals surface area contributed by atoms with E-state index in [4.69, 9.17) is 4.42 Å². The summed E-state index contributed by atoms with van der Waals surface area (Å²) in [5.41, 5.74) is 1.15. The highest BCUT2D eigenvalue weighted by Crippen LogP contribution is 2.29. The van der Waals surface area contributed by atoms with Gasteiger partial charge in [-0.3, -0.25) is 4.79 Å². The predicted octanol–water partition coefficient (Wildman–Crippen LogP) is 3.42. The Hall–Kier alpha value is -1.97. The molecule has 0 N–H and O–H groups in total. The Morgan fingerprint density at radius 3 is 2.76 bits per heavy atom. The maximum Gasteiger partial charge on any atom is 0.260 e. The number of carbonyl (C=O) groups is 1. The summed E-state index contributed by atoms with van der Waals surface area (Å²) in [5.74, 6) is 0.355. The number of nitrogens with zero attached hydrogens (tertiary/aromatic N) is 1. The second-order valence-electron chi connectivity index (χ2n) is 4.05. The number of oxazole rings is 1.